The van der Waals surface area contributed by atoms with Crippen molar-refractivity contribution in [1.82, 2.24) is 4.90 Å². The van der Waals surface area contributed by atoms with Crippen molar-refractivity contribution in [3.63, 3.8) is 0 Å². The number of carbonyl (C=O) groups is 1. The molecule has 0 atom stereocenters. The molecule has 0 unspecified atom stereocenters. The van der Waals surface area contributed by atoms with Gasteiger partial charge in [-0.15, -0.1) is 0 Å². The molecule has 1 aliphatic heterocycles. The van der Waals surface area contributed by atoms with Gasteiger partial charge >= 0.3 is 0 Å². The number of nitrogens with zero attached hydrogens (tertiary/aromatic N) is 1. The molecule has 1 saturated heterocycles. The fraction of sp³-hybridized carbons (Fsp3) is 0.367. The van der Waals surface area contributed by atoms with Gasteiger partial charge in [-0.2, -0.15) is 0 Å². The third-order valence-electron chi connectivity index (χ3n) is 6.98. The molecule has 3 rings (SSSR count). The molecule has 0 saturated carbocycles. The van der Waals surface area contributed by atoms with Gasteiger partial charge < -0.3 is 20.1 Å². The molecule has 38 heavy (non-hydrogen) atoms. The van der Waals surface area contributed by atoms with Crippen LogP contribution in [-0.2, 0) is 25.8 Å². The highest BCUT2D eigenvalue weighted by molar-refractivity contribution is 7.93. The lowest BCUT2D eigenvalue weighted by Crippen LogP contribution is -2.57. The van der Waals surface area contributed by atoms with Crippen molar-refractivity contribution in [1.29, 1.82) is 0 Å². The Morgan fingerprint density at radius 1 is 1.13 bits per heavy atom. The number of amides is 1. The third kappa shape index (κ3) is 6.81. The van der Waals surface area contributed by atoms with Crippen LogP contribution in [0.25, 0.3) is 5.57 Å². The summed E-state index contributed by atoms with van der Waals surface area (Å²) in [6.45, 7) is 8.47. The van der Waals surface area contributed by atoms with Crippen LogP contribution in [-0.4, -0.2) is 63.9 Å². The van der Waals surface area contributed by atoms with Crippen LogP contribution in [0.4, 0.5) is 0 Å². The minimum absolute atomic E-state index is 0.0755. The maximum Gasteiger partial charge on any atom is 0.239 e. The lowest BCUT2D eigenvalue weighted by molar-refractivity contribution is -0.121. The van der Waals surface area contributed by atoms with E-state index in [0.29, 0.717) is 45.0 Å². The standard InChI is InChI=1S/C30H38N2O5S/c1-4-6-9-25(5-2)26-10-7-8-24(23-26)15-21-37-27-11-13-28(14-12-27)38(34,35)30(29(31)33)16-18-32(19-17-30)20-22-36-3/h4-14,23H,2,15-22H2,1,3H3,(H2,31,33)/b6-4-,25-9+. The van der Waals surface area contributed by atoms with Gasteiger partial charge in [-0.25, -0.2) is 8.42 Å². The van der Waals surface area contributed by atoms with Crippen LogP contribution in [0, 0.1) is 0 Å². The normalized spacial score (nSPS) is 16.4. The second-order valence-electron chi connectivity index (χ2n) is 9.32. The molecule has 7 nitrogen and oxygen atoms in total. The van der Waals surface area contributed by atoms with E-state index in [1.807, 2.05) is 49.4 Å². The van der Waals surface area contributed by atoms with Crippen LogP contribution in [0.3, 0.4) is 0 Å². The SMILES string of the molecule is C=C/C(=C\C=C/C)c1cccc(CCOc2ccc(S(=O)(=O)C3(C(N)=O)CCN(CCOC)CC3)cc2)c1. The molecule has 2 aromatic rings. The van der Waals surface area contributed by atoms with Crippen molar-refractivity contribution in [2.45, 2.75) is 35.8 Å². The minimum Gasteiger partial charge on any atom is -0.493 e. The Balaban J connectivity index is 1.65. The lowest BCUT2D eigenvalue weighted by Gasteiger charge is -2.38. The monoisotopic (exact) mass is 538 g/mol. The number of rotatable bonds is 13. The zero-order valence-electron chi connectivity index (χ0n) is 22.3. The summed E-state index contributed by atoms with van der Waals surface area (Å²) in [7, 11) is -2.35. The first-order valence-electron chi connectivity index (χ1n) is 12.8. The van der Waals surface area contributed by atoms with E-state index in [2.05, 4.69) is 17.5 Å². The highest BCUT2D eigenvalue weighted by Crippen LogP contribution is 2.36. The molecule has 204 valence electrons. The van der Waals surface area contributed by atoms with Crippen molar-refractivity contribution in [2.75, 3.05) is 40.0 Å². The van der Waals surface area contributed by atoms with Crippen LogP contribution >= 0.6 is 0 Å². The number of primary amides is 1. The van der Waals surface area contributed by atoms with Crippen molar-refractivity contribution in [3.8, 4) is 5.75 Å². The van der Waals surface area contributed by atoms with Crippen molar-refractivity contribution in [3.05, 3.63) is 90.5 Å². The van der Waals surface area contributed by atoms with Crippen LogP contribution in [0.15, 0.2) is 84.3 Å². The van der Waals surface area contributed by atoms with Gasteiger partial charge in [0.05, 0.1) is 18.1 Å². The van der Waals surface area contributed by atoms with Crippen LogP contribution < -0.4 is 10.5 Å². The maximum atomic E-state index is 13.6. The fourth-order valence-electron chi connectivity index (χ4n) is 4.62. The van der Waals surface area contributed by atoms with E-state index >= 15 is 0 Å². The van der Waals surface area contributed by atoms with E-state index in [1.165, 1.54) is 12.1 Å². The summed E-state index contributed by atoms with van der Waals surface area (Å²) in [5, 5.41) is 0. The molecule has 1 fully saturated rings. The van der Waals surface area contributed by atoms with Gasteiger partial charge in [0.25, 0.3) is 0 Å². The predicted octanol–water partition coefficient (Wildman–Crippen LogP) is 4.19. The number of allylic oxidation sites excluding steroid dienone is 5. The summed E-state index contributed by atoms with van der Waals surface area (Å²) in [6.07, 6.45) is 8.80. The highest BCUT2D eigenvalue weighted by Gasteiger charge is 2.51. The van der Waals surface area contributed by atoms with Crippen LogP contribution in [0.1, 0.15) is 30.9 Å². The number of benzene rings is 2. The van der Waals surface area contributed by atoms with Gasteiger partial charge in [-0.1, -0.05) is 55.1 Å². The van der Waals surface area contributed by atoms with E-state index in [9.17, 15) is 13.2 Å². The molecule has 0 radical (unpaired) electrons. The Morgan fingerprint density at radius 2 is 1.84 bits per heavy atom. The van der Waals surface area contributed by atoms with Crippen LogP contribution in [0.5, 0.6) is 5.75 Å². The number of hydrogen-bond donors (Lipinski definition) is 1. The van der Waals surface area contributed by atoms with Gasteiger partial charge in [0.2, 0.25) is 5.91 Å². The van der Waals surface area contributed by atoms with Gasteiger partial charge in [0.15, 0.2) is 14.6 Å². The topological polar surface area (TPSA) is 98.9 Å². The number of likely N-dealkylation sites (tertiary alicyclic amines) is 1. The zero-order chi connectivity index (χ0) is 27.6. The lowest BCUT2D eigenvalue weighted by atomic mass is 9.95. The average molecular weight is 539 g/mol. The molecule has 0 bridgehead atoms. The Kier molecular flexibility index (Phi) is 10.5. The van der Waals surface area contributed by atoms with Crippen molar-refractivity contribution >= 4 is 21.3 Å². The third-order valence-corrected chi connectivity index (χ3v) is 9.51. The number of hydrogen-bond acceptors (Lipinski definition) is 6. The summed E-state index contributed by atoms with van der Waals surface area (Å²) in [5.41, 5.74) is 8.93. The van der Waals surface area contributed by atoms with Gasteiger partial charge in [0.1, 0.15) is 5.75 Å². The summed E-state index contributed by atoms with van der Waals surface area (Å²) in [5.74, 6) is -0.242. The molecular formula is C30H38N2O5S. The summed E-state index contributed by atoms with van der Waals surface area (Å²) < 4.78 is 36.5. The Labute approximate surface area is 226 Å². The van der Waals surface area contributed by atoms with E-state index in [-0.39, 0.29) is 17.7 Å². The Morgan fingerprint density at radius 3 is 2.45 bits per heavy atom. The smallest absolute Gasteiger partial charge is 0.239 e. The van der Waals surface area contributed by atoms with E-state index in [4.69, 9.17) is 15.2 Å². The molecule has 8 heteroatoms. The number of sulfone groups is 1. The number of ether oxygens (including phenoxy) is 2. The molecule has 1 amide bonds. The number of piperidine rings is 1. The molecule has 0 spiro atoms. The number of nitrogens with two attached hydrogens (primary N) is 1. The molecule has 2 N–H and O–H groups in total. The molecule has 0 aromatic heterocycles. The molecular weight excluding hydrogens is 500 g/mol. The van der Waals surface area contributed by atoms with E-state index in [1.54, 1.807) is 19.2 Å². The zero-order valence-corrected chi connectivity index (χ0v) is 23.1. The maximum absolute atomic E-state index is 13.6. The molecule has 1 heterocycles. The second kappa shape index (κ2) is 13.6. The first-order chi connectivity index (χ1) is 18.3. The minimum atomic E-state index is -3.98. The predicted molar refractivity (Wildman–Crippen MR) is 152 cm³/mol. The summed E-state index contributed by atoms with van der Waals surface area (Å²) in [4.78, 5) is 14.6. The number of methoxy groups -OCH3 is 1. The first-order valence-corrected chi connectivity index (χ1v) is 14.3. The molecule has 0 aliphatic carbocycles. The fourth-order valence-corrected chi connectivity index (χ4v) is 6.55. The summed E-state index contributed by atoms with van der Waals surface area (Å²) in [6, 6.07) is 14.5. The Hall–Kier alpha value is -3.20. The largest absolute Gasteiger partial charge is 0.493 e. The van der Waals surface area contributed by atoms with Gasteiger partial charge in [-0.3, -0.25) is 4.79 Å². The van der Waals surface area contributed by atoms with E-state index in [0.717, 1.165) is 16.7 Å². The van der Waals surface area contributed by atoms with E-state index < -0.39 is 20.5 Å². The average Bonchev–Trinajstić information content (AvgIpc) is 2.93. The second-order valence-corrected chi connectivity index (χ2v) is 11.6. The number of carbonyl (C=O) groups excluding carboxylic acids is 1. The molecule has 1 aliphatic rings. The van der Waals surface area contributed by atoms with Gasteiger partial charge in [0, 0.05) is 33.2 Å². The summed E-state index contributed by atoms with van der Waals surface area (Å²) >= 11 is 0. The molecule has 2 aromatic carbocycles. The highest BCUT2D eigenvalue weighted by atomic mass is 32.2. The van der Waals surface area contributed by atoms with Crippen molar-refractivity contribution in [2.24, 2.45) is 5.73 Å². The quantitative estimate of drug-likeness (QED) is 0.384. The van der Waals surface area contributed by atoms with Crippen LogP contribution in [0.2, 0.25) is 0 Å². The van der Waals surface area contributed by atoms with Crippen molar-refractivity contribution < 1.29 is 22.7 Å². The first kappa shape index (κ1) is 29.4. The van der Waals surface area contributed by atoms with Gasteiger partial charge in [-0.05, 0) is 60.7 Å². The Bertz CT molecular complexity index is 1260.